The third-order valence-electron chi connectivity index (χ3n) is 2.04. The van der Waals surface area contributed by atoms with Crippen LogP contribution in [0.3, 0.4) is 0 Å². The summed E-state index contributed by atoms with van der Waals surface area (Å²) < 4.78 is 6.55. The zero-order valence-electron chi connectivity index (χ0n) is 8.63. The van der Waals surface area contributed by atoms with Gasteiger partial charge < -0.3 is 9.84 Å². The Kier molecular flexibility index (Phi) is 3.58. The highest BCUT2D eigenvalue weighted by molar-refractivity contribution is 14.1. The van der Waals surface area contributed by atoms with Gasteiger partial charge in [-0.3, -0.25) is 4.98 Å². The van der Waals surface area contributed by atoms with E-state index in [0.717, 1.165) is 3.57 Å². The summed E-state index contributed by atoms with van der Waals surface area (Å²) in [7, 11) is 0. The number of nitrogens with zero attached hydrogens (tertiary/aromatic N) is 1. The fourth-order valence-electron chi connectivity index (χ4n) is 1.29. The first kappa shape index (κ1) is 11.8. The molecule has 0 unspecified atom stereocenters. The molecule has 0 atom stereocenters. The molecule has 1 heterocycles. The molecule has 1 aromatic heterocycles. The van der Waals surface area contributed by atoms with E-state index in [1.807, 2.05) is 18.2 Å². The Labute approximate surface area is 111 Å². The number of hydrogen-bond acceptors (Lipinski definition) is 3. The largest absolute Gasteiger partial charge is 0.477 e. The Morgan fingerprint density at radius 1 is 1.35 bits per heavy atom. The molecule has 0 aliphatic heterocycles. The zero-order chi connectivity index (χ0) is 12.3. The summed E-state index contributed by atoms with van der Waals surface area (Å²) in [6, 6.07) is 8.90. The number of carboxylic acid groups (broad SMARTS) is 1. The molecule has 17 heavy (non-hydrogen) atoms. The van der Waals surface area contributed by atoms with Crippen LogP contribution in [0.4, 0.5) is 0 Å². The van der Waals surface area contributed by atoms with Gasteiger partial charge in [0.15, 0.2) is 0 Å². The second-order valence-corrected chi connectivity index (χ2v) is 4.48. The highest BCUT2D eigenvalue weighted by Gasteiger charge is 2.11. The van der Waals surface area contributed by atoms with Crippen molar-refractivity contribution in [2.75, 3.05) is 0 Å². The van der Waals surface area contributed by atoms with E-state index in [1.165, 1.54) is 18.5 Å². The molecule has 0 spiro atoms. The first-order valence-corrected chi connectivity index (χ1v) is 5.85. The summed E-state index contributed by atoms with van der Waals surface area (Å²) in [5.74, 6) is -0.168. The van der Waals surface area contributed by atoms with Gasteiger partial charge in [-0.1, -0.05) is 6.07 Å². The SMILES string of the molecule is O=C(O)c1cnccc1Oc1cccc(I)c1. The lowest BCUT2D eigenvalue weighted by molar-refractivity contribution is 0.0693. The molecule has 0 saturated carbocycles. The van der Waals surface area contributed by atoms with Crippen molar-refractivity contribution >= 4 is 28.6 Å². The average molecular weight is 341 g/mol. The Morgan fingerprint density at radius 2 is 2.18 bits per heavy atom. The highest BCUT2D eigenvalue weighted by Crippen LogP contribution is 2.25. The van der Waals surface area contributed by atoms with E-state index in [4.69, 9.17) is 9.84 Å². The van der Waals surface area contributed by atoms with Gasteiger partial charge in [0.2, 0.25) is 0 Å². The van der Waals surface area contributed by atoms with Gasteiger partial charge in [0.05, 0.1) is 0 Å². The smallest absolute Gasteiger partial charge is 0.341 e. The Bertz CT molecular complexity index is 557. The standard InChI is InChI=1S/C12H8INO3/c13-8-2-1-3-9(6-8)17-11-4-5-14-7-10(11)12(15)16/h1-7H,(H,15,16). The van der Waals surface area contributed by atoms with Crippen molar-refractivity contribution in [1.29, 1.82) is 0 Å². The van der Waals surface area contributed by atoms with Crippen LogP contribution in [0.2, 0.25) is 0 Å². The van der Waals surface area contributed by atoms with Crippen molar-refractivity contribution < 1.29 is 14.6 Å². The fraction of sp³-hybridized carbons (Fsp3) is 0. The quantitative estimate of drug-likeness (QED) is 0.872. The number of ether oxygens (including phenoxy) is 1. The third kappa shape index (κ3) is 2.94. The Hall–Kier alpha value is -1.63. The molecule has 0 amide bonds. The molecule has 0 fully saturated rings. The normalized spacial score (nSPS) is 9.94. The highest BCUT2D eigenvalue weighted by atomic mass is 127. The molecule has 86 valence electrons. The molecule has 0 aliphatic carbocycles. The van der Waals surface area contributed by atoms with Gasteiger partial charge in [0, 0.05) is 22.0 Å². The molecule has 1 N–H and O–H groups in total. The molecule has 5 heteroatoms. The summed E-state index contributed by atoms with van der Waals surface area (Å²) in [5, 5.41) is 8.98. The lowest BCUT2D eigenvalue weighted by Crippen LogP contribution is -2.00. The van der Waals surface area contributed by atoms with Crippen molar-refractivity contribution in [1.82, 2.24) is 4.98 Å². The van der Waals surface area contributed by atoms with Crippen molar-refractivity contribution in [3.63, 3.8) is 0 Å². The molecule has 2 rings (SSSR count). The lowest BCUT2D eigenvalue weighted by atomic mass is 10.2. The van der Waals surface area contributed by atoms with Gasteiger partial charge in [-0.05, 0) is 40.8 Å². The minimum absolute atomic E-state index is 0.0476. The van der Waals surface area contributed by atoms with Crippen molar-refractivity contribution in [3.8, 4) is 11.5 Å². The molecule has 2 aromatic rings. The molecule has 0 aliphatic rings. The number of benzene rings is 1. The van der Waals surface area contributed by atoms with E-state index in [1.54, 1.807) is 6.07 Å². The lowest BCUT2D eigenvalue weighted by Gasteiger charge is -2.08. The van der Waals surface area contributed by atoms with Gasteiger partial charge in [0.1, 0.15) is 17.1 Å². The van der Waals surface area contributed by atoms with Gasteiger partial charge in [-0.2, -0.15) is 0 Å². The van der Waals surface area contributed by atoms with E-state index in [-0.39, 0.29) is 11.3 Å². The Balaban J connectivity index is 2.33. The number of rotatable bonds is 3. The monoisotopic (exact) mass is 341 g/mol. The zero-order valence-corrected chi connectivity index (χ0v) is 10.8. The maximum absolute atomic E-state index is 11.0. The van der Waals surface area contributed by atoms with Crippen molar-refractivity contribution in [2.45, 2.75) is 0 Å². The fourth-order valence-corrected chi connectivity index (χ4v) is 1.80. The second-order valence-electron chi connectivity index (χ2n) is 3.24. The second kappa shape index (κ2) is 5.13. The molecule has 1 aromatic carbocycles. The number of halogens is 1. The number of pyridine rings is 1. The first-order valence-electron chi connectivity index (χ1n) is 4.77. The van der Waals surface area contributed by atoms with Gasteiger partial charge in [0.25, 0.3) is 0 Å². The molecular weight excluding hydrogens is 333 g/mol. The van der Waals surface area contributed by atoms with Crippen molar-refractivity contribution in [2.24, 2.45) is 0 Å². The third-order valence-corrected chi connectivity index (χ3v) is 2.71. The number of hydrogen-bond donors (Lipinski definition) is 1. The van der Waals surface area contributed by atoms with Crippen LogP contribution in [-0.2, 0) is 0 Å². The maximum atomic E-state index is 11.0. The van der Waals surface area contributed by atoms with Crippen LogP contribution in [0.15, 0.2) is 42.7 Å². The molecule has 0 saturated heterocycles. The number of aromatic nitrogens is 1. The van der Waals surface area contributed by atoms with Crippen LogP contribution >= 0.6 is 22.6 Å². The molecular formula is C12H8INO3. The maximum Gasteiger partial charge on any atom is 0.341 e. The number of carboxylic acids is 1. The van der Waals surface area contributed by atoms with Gasteiger partial charge in [-0.25, -0.2) is 4.79 Å². The summed E-state index contributed by atoms with van der Waals surface area (Å²) in [4.78, 5) is 14.7. The summed E-state index contributed by atoms with van der Waals surface area (Å²) in [6.45, 7) is 0. The van der Waals surface area contributed by atoms with Crippen LogP contribution in [0.1, 0.15) is 10.4 Å². The van der Waals surface area contributed by atoms with Crippen molar-refractivity contribution in [3.05, 3.63) is 51.9 Å². The number of carbonyl (C=O) groups is 1. The molecule has 0 radical (unpaired) electrons. The molecule has 4 nitrogen and oxygen atoms in total. The van der Waals surface area contributed by atoms with Crippen LogP contribution in [0, 0.1) is 3.57 Å². The average Bonchev–Trinajstić information content (AvgIpc) is 2.29. The van der Waals surface area contributed by atoms with E-state index >= 15 is 0 Å². The van der Waals surface area contributed by atoms with E-state index in [0.29, 0.717) is 5.75 Å². The minimum Gasteiger partial charge on any atom is -0.477 e. The Morgan fingerprint density at radius 3 is 2.88 bits per heavy atom. The summed E-state index contributed by atoms with van der Waals surface area (Å²) >= 11 is 2.16. The van der Waals surface area contributed by atoms with Crippen LogP contribution in [-0.4, -0.2) is 16.1 Å². The van der Waals surface area contributed by atoms with E-state index in [9.17, 15) is 4.79 Å². The van der Waals surface area contributed by atoms with Crippen LogP contribution in [0.5, 0.6) is 11.5 Å². The van der Waals surface area contributed by atoms with Crippen LogP contribution in [0.25, 0.3) is 0 Å². The molecule has 0 bridgehead atoms. The first-order chi connectivity index (χ1) is 8.16. The predicted molar refractivity (Wildman–Crippen MR) is 70.4 cm³/mol. The van der Waals surface area contributed by atoms with E-state index in [2.05, 4.69) is 27.6 Å². The van der Waals surface area contributed by atoms with E-state index < -0.39 is 5.97 Å². The van der Waals surface area contributed by atoms with Crippen LogP contribution < -0.4 is 4.74 Å². The van der Waals surface area contributed by atoms with Gasteiger partial charge in [-0.15, -0.1) is 0 Å². The minimum atomic E-state index is -1.06. The number of aromatic carboxylic acids is 1. The summed E-state index contributed by atoms with van der Waals surface area (Å²) in [6.07, 6.45) is 2.77. The summed E-state index contributed by atoms with van der Waals surface area (Å²) in [5.41, 5.74) is 0.0476. The van der Waals surface area contributed by atoms with Gasteiger partial charge >= 0.3 is 5.97 Å². The topological polar surface area (TPSA) is 59.4 Å². The predicted octanol–water partition coefficient (Wildman–Crippen LogP) is 3.18.